The predicted octanol–water partition coefficient (Wildman–Crippen LogP) is 3.83. The highest BCUT2D eigenvalue weighted by atomic mass is 16.1. The maximum Gasteiger partial charge on any atom is 0.273 e. The van der Waals surface area contributed by atoms with Gasteiger partial charge in [-0.1, -0.05) is 24.3 Å². The van der Waals surface area contributed by atoms with Crippen molar-refractivity contribution in [2.75, 3.05) is 0 Å². The minimum atomic E-state index is -0.957. The molecule has 0 aromatic carbocycles. The number of rotatable bonds is 6. The van der Waals surface area contributed by atoms with E-state index in [1.54, 1.807) is 48.8 Å². The molecule has 9 heteroatoms. The van der Waals surface area contributed by atoms with E-state index in [1.807, 2.05) is 36.4 Å². The number of aromatic nitrogens is 4. The van der Waals surface area contributed by atoms with E-state index in [9.17, 15) is 4.79 Å². The van der Waals surface area contributed by atoms with Crippen molar-refractivity contribution in [3.63, 3.8) is 0 Å². The molecule has 0 fully saturated rings. The number of hydrogen-bond donors (Lipinski definition) is 0. The van der Waals surface area contributed by atoms with Crippen LogP contribution in [0.3, 0.4) is 0 Å². The zero-order valence-corrected chi connectivity index (χ0v) is 16.6. The fourth-order valence-corrected chi connectivity index (χ4v) is 3.55. The van der Waals surface area contributed by atoms with E-state index in [0.29, 0.717) is 22.8 Å². The van der Waals surface area contributed by atoms with Gasteiger partial charge >= 0.3 is 0 Å². The Morgan fingerprint density at radius 1 is 0.531 bits per heavy atom. The van der Waals surface area contributed by atoms with Crippen molar-refractivity contribution in [3.8, 4) is 0 Å². The molecule has 0 saturated heterocycles. The smallest absolute Gasteiger partial charge is 0.273 e. The maximum absolute atomic E-state index is 13.2. The molecule has 32 heavy (non-hydrogen) atoms. The number of pyridine rings is 4. The third-order valence-electron chi connectivity index (χ3n) is 5.32. The second-order valence-electron chi connectivity index (χ2n) is 7.32. The van der Waals surface area contributed by atoms with E-state index >= 15 is 0 Å². The molecule has 0 saturated carbocycles. The minimum absolute atomic E-state index is 0.247. The molecule has 0 aliphatic carbocycles. The van der Waals surface area contributed by atoms with Crippen LogP contribution in [0, 0.1) is 0 Å². The van der Waals surface area contributed by atoms with Crippen molar-refractivity contribution in [2.45, 2.75) is 11.3 Å². The van der Waals surface area contributed by atoms with Crippen LogP contribution in [-0.2, 0) is 11.3 Å². The molecular weight excluding hydrogens is 404 g/mol. The largest absolute Gasteiger partial charge is 0.285 e. The molecule has 6 rings (SSSR count). The lowest BCUT2D eigenvalue weighted by Gasteiger charge is -2.12. The van der Waals surface area contributed by atoms with Crippen LogP contribution in [0.4, 0.5) is 0 Å². The molecule has 2 aliphatic rings. The second-order valence-corrected chi connectivity index (χ2v) is 7.32. The molecule has 0 N–H and O–H groups in total. The highest BCUT2D eigenvalue weighted by Gasteiger charge is 2.48. The number of carbonyl (C=O) groups is 1. The van der Waals surface area contributed by atoms with Gasteiger partial charge in [0.2, 0.25) is 5.78 Å². The molecule has 6 heterocycles. The quantitative estimate of drug-likeness (QED) is 0.441. The summed E-state index contributed by atoms with van der Waals surface area (Å²) >= 11 is 0. The second kappa shape index (κ2) is 6.74. The third-order valence-corrected chi connectivity index (χ3v) is 5.32. The van der Waals surface area contributed by atoms with E-state index in [0.717, 1.165) is 0 Å². The van der Waals surface area contributed by atoms with E-state index < -0.39 is 11.3 Å². The van der Waals surface area contributed by atoms with Gasteiger partial charge in [-0.25, -0.2) is 9.97 Å². The van der Waals surface area contributed by atoms with Gasteiger partial charge in [-0.15, -0.1) is 20.5 Å². The topological polar surface area (TPSA) is 118 Å². The van der Waals surface area contributed by atoms with Gasteiger partial charge in [0.05, 0.1) is 11.4 Å². The Bertz CT molecular complexity index is 1280. The Morgan fingerprint density at radius 3 is 1.34 bits per heavy atom. The zero-order valence-electron chi connectivity index (χ0n) is 16.6. The Hall–Kier alpha value is -4.53. The van der Waals surface area contributed by atoms with Gasteiger partial charge in [-0.05, 0) is 48.5 Å². The number of carbonyl (C=O) groups excluding carboxylic acids is 1. The van der Waals surface area contributed by atoms with Crippen molar-refractivity contribution >= 4 is 5.78 Å². The first kappa shape index (κ1) is 18.3. The van der Waals surface area contributed by atoms with Crippen molar-refractivity contribution in [3.05, 3.63) is 119 Å². The van der Waals surface area contributed by atoms with Crippen LogP contribution in [0.5, 0.6) is 0 Å². The molecule has 0 amide bonds. The van der Waals surface area contributed by atoms with Crippen molar-refractivity contribution in [2.24, 2.45) is 20.5 Å². The number of nitrogens with zero attached hydrogens (tertiary/aromatic N) is 8. The summed E-state index contributed by atoms with van der Waals surface area (Å²) in [5.74, 6) is -0.317. The first-order chi connectivity index (χ1) is 15.7. The molecule has 0 unspecified atom stereocenters. The summed E-state index contributed by atoms with van der Waals surface area (Å²) < 4.78 is 0. The van der Waals surface area contributed by atoms with Crippen LogP contribution in [0.1, 0.15) is 39.0 Å². The van der Waals surface area contributed by atoms with E-state index in [4.69, 9.17) is 0 Å². The lowest BCUT2D eigenvalue weighted by atomic mass is 10.0. The monoisotopic (exact) mass is 418 g/mol. The standard InChI is InChI=1S/C23H14N8O/c32-21(15-7-5-11-19(26-15)22(28-29-22)17-9-1-3-13-24-17)16-8-6-12-20(27-16)23(30-31-23)18-10-2-4-14-25-18/h1-14H. The average Bonchev–Trinajstić information content (AvgIpc) is 3.79. The number of ketones is 1. The molecule has 0 radical (unpaired) electrons. The van der Waals surface area contributed by atoms with Crippen LogP contribution in [0.15, 0.2) is 106 Å². The predicted molar refractivity (Wildman–Crippen MR) is 112 cm³/mol. The SMILES string of the molecule is O=C(c1cccc(C2(c3ccccn3)N=N2)n1)c1cccc(C2(c3ccccn3)N=N2)n1. The summed E-state index contributed by atoms with van der Waals surface area (Å²) in [5, 5.41) is 16.7. The van der Waals surface area contributed by atoms with Crippen LogP contribution in [0.2, 0.25) is 0 Å². The van der Waals surface area contributed by atoms with Gasteiger partial charge in [0.25, 0.3) is 11.3 Å². The summed E-state index contributed by atoms with van der Waals surface area (Å²) in [6.45, 7) is 0. The molecule has 4 aromatic heterocycles. The third kappa shape index (κ3) is 2.83. The molecule has 0 spiro atoms. The number of hydrogen-bond acceptors (Lipinski definition) is 9. The molecule has 0 bridgehead atoms. The fraction of sp³-hybridized carbons (Fsp3) is 0.0870. The van der Waals surface area contributed by atoms with Gasteiger partial charge < -0.3 is 0 Å². The molecule has 0 atom stereocenters. The van der Waals surface area contributed by atoms with Crippen molar-refractivity contribution < 1.29 is 4.79 Å². The lowest BCUT2D eigenvalue weighted by Crippen LogP contribution is -2.18. The average molecular weight is 418 g/mol. The van der Waals surface area contributed by atoms with Crippen LogP contribution in [0.25, 0.3) is 0 Å². The van der Waals surface area contributed by atoms with E-state index in [1.165, 1.54) is 0 Å². The maximum atomic E-state index is 13.2. The van der Waals surface area contributed by atoms with Gasteiger partial charge in [0, 0.05) is 12.4 Å². The molecule has 9 nitrogen and oxygen atoms in total. The van der Waals surface area contributed by atoms with Crippen molar-refractivity contribution in [1.82, 2.24) is 19.9 Å². The lowest BCUT2D eigenvalue weighted by molar-refractivity contribution is 0.102. The summed E-state index contributed by atoms with van der Waals surface area (Å²) in [6, 6.07) is 21.4. The van der Waals surface area contributed by atoms with Gasteiger partial charge in [-0.2, -0.15) is 0 Å². The normalized spacial score (nSPS) is 16.5. The summed E-state index contributed by atoms with van der Waals surface area (Å²) in [5.41, 5.74) is 0.972. The Morgan fingerprint density at radius 2 is 0.969 bits per heavy atom. The van der Waals surface area contributed by atoms with Gasteiger partial charge in [0.1, 0.15) is 22.8 Å². The van der Waals surface area contributed by atoms with Crippen LogP contribution in [-0.4, -0.2) is 25.7 Å². The first-order valence-corrected chi connectivity index (χ1v) is 9.92. The van der Waals surface area contributed by atoms with Crippen LogP contribution < -0.4 is 0 Å². The molecular formula is C23H14N8O. The fourth-order valence-electron chi connectivity index (χ4n) is 3.55. The van der Waals surface area contributed by atoms with Crippen molar-refractivity contribution in [1.29, 1.82) is 0 Å². The minimum Gasteiger partial charge on any atom is -0.285 e. The summed E-state index contributed by atoms with van der Waals surface area (Å²) in [4.78, 5) is 31.0. The zero-order chi connectivity index (χ0) is 21.6. The molecule has 2 aliphatic heterocycles. The van der Waals surface area contributed by atoms with E-state index in [2.05, 4.69) is 40.4 Å². The highest BCUT2D eigenvalue weighted by Crippen LogP contribution is 2.45. The van der Waals surface area contributed by atoms with Crippen LogP contribution >= 0.6 is 0 Å². The summed E-state index contributed by atoms with van der Waals surface area (Å²) in [7, 11) is 0. The Labute approximate surface area is 182 Å². The molecule has 4 aromatic rings. The Kier molecular flexibility index (Phi) is 3.85. The van der Waals surface area contributed by atoms with E-state index in [-0.39, 0.29) is 17.2 Å². The molecule has 152 valence electrons. The first-order valence-electron chi connectivity index (χ1n) is 9.92. The Balaban J connectivity index is 1.33. The summed E-state index contributed by atoms with van der Waals surface area (Å²) in [6.07, 6.45) is 3.35. The van der Waals surface area contributed by atoms with Gasteiger partial charge in [0.15, 0.2) is 0 Å². The highest BCUT2D eigenvalue weighted by molar-refractivity contribution is 6.06. The van der Waals surface area contributed by atoms with Gasteiger partial charge in [-0.3, -0.25) is 14.8 Å².